The van der Waals surface area contributed by atoms with Gasteiger partial charge in [0, 0.05) is 10.6 Å². The zero-order valence-electron chi connectivity index (χ0n) is 11.1. The Morgan fingerprint density at radius 3 is 2.65 bits per heavy atom. The van der Waals surface area contributed by atoms with Crippen LogP contribution in [0, 0.1) is 5.82 Å². The fourth-order valence-electron chi connectivity index (χ4n) is 1.73. The van der Waals surface area contributed by atoms with Gasteiger partial charge in [0.15, 0.2) is 5.78 Å². The van der Waals surface area contributed by atoms with E-state index in [1.54, 1.807) is 11.8 Å². The Morgan fingerprint density at radius 1 is 1.20 bits per heavy atom. The fraction of sp³-hybridized carbons (Fsp3) is 0.188. The molecule has 0 aliphatic rings. The van der Waals surface area contributed by atoms with Crippen LogP contribution in [-0.4, -0.2) is 18.1 Å². The maximum Gasteiger partial charge on any atom is 0.163 e. The van der Waals surface area contributed by atoms with Crippen molar-refractivity contribution in [2.24, 2.45) is 0 Å². The Morgan fingerprint density at radius 2 is 1.95 bits per heavy atom. The first-order valence-corrected chi connectivity index (χ1v) is 7.26. The van der Waals surface area contributed by atoms with E-state index in [4.69, 9.17) is 4.74 Å². The molecule has 0 atom stereocenters. The molecule has 2 nitrogen and oxygen atoms in total. The van der Waals surface area contributed by atoms with E-state index >= 15 is 0 Å². The third-order valence-corrected chi connectivity index (χ3v) is 3.65. The van der Waals surface area contributed by atoms with Gasteiger partial charge in [-0.1, -0.05) is 18.2 Å². The minimum absolute atomic E-state index is 0.199. The van der Waals surface area contributed by atoms with Crippen molar-refractivity contribution in [3.05, 3.63) is 59.9 Å². The first-order valence-electron chi connectivity index (χ1n) is 6.28. The van der Waals surface area contributed by atoms with Crippen molar-refractivity contribution in [2.45, 2.75) is 11.8 Å². The molecule has 0 aliphatic heterocycles. The van der Waals surface area contributed by atoms with Crippen molar-refractivity contribution in [2.75, 3.05) is 12.4 Å². The number of halogens is 1. The maximum atomic E-state index is 13.1. The Hall–Kier alpha value is -1.81. The molecule has 0 spiro atoms. The van der Waals surface area contributed by atoms with Gasteiger partial charge >= 0.3 is 0 Å². The average molecular weight is 290 g/mol. The first kappa shape index (κ1) is 14.6. The lowest BCUT2D eigenvalue weighted by molar-refractivity contribution is 0.101. The third-order valence-electron chi connectivity index (χ3n) is 2.67. The van der Waals surface area contributed by atoms with Crippen molar-refractivity contribution in [1.82, 2.24) is 0 Å². The Labute approximate surface area is 122 Å². The highest BCUT2D eigenvalue weighted by Gasteiger charge is 2.09. The molecule has 0 aromatic heterocycles. The van der Waals surface area contributed by atoms with Crippen molar-refractivity contribution in [3.63, 3.8) is 0 Å². The van der Waals surface area contributed by atoms with Gasteiger partial charge in [0.2, 0.25) is 0 Å². The van der Waals surface area contributed by atoms with Gasteiger partial charge in [-0.15, -0.1) is 11.8 Å². The molecule has 0 amide bonds. The summed E-state index contributed by atoms with van der Waals surface area (Å²) in [7, 11) is 0. The SMILES string of the molecule is CC(=O)c1cc(F)ccc1OCCSc1ccccc1. The van der Waals surface area contributed by atoms with Crippen LogP contribution < -0.4 is 4.74 Å². The van der Waals surface area contributed by atoms with Crippen LogP contribution in [0.2, 0.25) is 0 Å². The van der Waals surface area contributed by atoms with Gasteiger partial charge < -0.3 is 4.74 Å². The second kappa shape index (κ2) is 7.10. The predicted octanol–water partition coefficient (Wildman–Crippen LogP) is 4.20. The molecule has 0 fully saturated rings. The number of hydrogen-bond donors (Lipinski definition) is 0. The number of ketones is 1. The molecule has 20 heavy (non-hydrogen) atoms. The van der Waals surface area contributed by atoms with Crippen LogP contribution in [0.25, 0.3) is 0 Å². The van der Waals surface area contributed by atoms with E-state index in [0.717, 1.165) is 5.75 Å². The van der Waals surface area contributed by atoms with E-state index in [1.165, 1.54) is 30.0 Å². The number of ether oxygens (including phenoxy) is 1. The number of hydrogen-bond acceptors (Lipinski definition) is 3. The molecular formula is C16H15FO2S. The largest absolute Gasteiger partial charge is 0.492 e. The highest BCUT2D eigenvalue weighted by Crippen LogP contribution is 2.22. The van der Waals surface area contributed by atoms with Crippen molar-refractivity contribution < 1.29 is 13.9 Å². The second-order valence-electron chi connectivity index (χ2n) is 4.21. The average Bonchev–Trinajstić information content (AvgIpc) is 2.45. The number of carbonyl (C=O) groups is 1. The normalized spacial score (nSPS) is 10.3. The first-order chi connectivity index (χ1) is 9.66. The lowest BCUT2D eigenvalue weighted by Gasteiger charge is -2.09. The van der Waals surface area contributed by atoms with Gasteiger partial charge in [0.1, 0.15) is 11.6 Å². The van der Waals surface area contributed by atoms with Crippen LogP contribution in [0.1, 0.15) is 17.3 Å². The number of Topliss-reactive ketones (excluding diaryl/α,β-unsaturated/α-hetero) is 1. The third kappa shape index (κ3) is 4.10. The highest BCUT2D eigenvalue weighted by atomic mass is 32.2. The van der Waals surface area contributed by atoms with Gasteiger partial charge in [-0.3, -0.25) is 4.79 Å². The van der Waals surface area contributed by atoms with E-state index in [0.29, 0.717) is 12.4 Å². The van der Waals surface area contributed by atoms with Crippen LogP contribution >= 0.6 is 11.8 Å². The summed E-state index contributed by atoms with van der Waals surface area (Å²) in [6.45, 7) is 1.87. The van der Waals surface area contributed by atoms with Gasteiger partial charge in [0.05, 0.1) is 12.2 Å². The number of carbonyl (C=O) groups excluding carboxylic acids is 1. The molecule has 0 saturated carbocycles. The van der Waals surface area contributed by atoms with Crippen LogP contribution in [-0.2, 0) is 0 Å². The summed E-state index contributed by atoms with van der Waals surface area (Å²) in [5.41, 5.74) is 0.287. The van der Waals surface area contributed by atoms with E-state index in [9.17, 15) is 9.18 Å². The summed E-state index contributed by atoms with van der Waals surface area (Å²) >= 11 is 1.67. The van der Waals surface area contributed by atoms with Gasteiger partial charge in [0.25, 0.3) is 0 Å². The van der Waals surface area contributed by atoms with E-state index in [1.807, 2.05) is 30.3 Å². The summed E-state index contributed by atoms with van der Waals surface area (Å²) in [6.07, 6.45) is 0. The van der Waals surface area contributed by atoms with Gasteiger partial charge in [-0.2, -0.15) is 0 Å². The molecule has 4 heteroatoms. The van der Waals surface area contributed by atoms with Gasteiger partial charge in [-0.25, -0.2) is 4.39 Å². The quantitative estimate of drug-likeness (QED) is 0.453. The monoisotopic (exact) mass is 290 g/mol. The number of thioether (sulfide) groups is 1. The molecule has 0 bridgehead atoms. The number of rotatable bonds is 6. The predicted molar refractivity (Wildman–Crippen MR) is 79.1 cm³/mol. The Balaban J connectivity index is 1.90. The zero-order chi connectivity index (χ0) is 14.4. The van der Waals surface area contributed by atoms with Crippen LogP contribution in [0.15, 0.2) is 53.4 Å². The number of benzene rings is 2. The Kier molecular flexibility index (Phi) is 5.18. The summed E-state index contributed by atoms with van der Waals surface area (Å²) < 4.78 is 18.7. The summed E-state index contributed by atoms with van der Waals surface area (Å²) in [5, 5.41) is 0. The van der Waals surface area contributed by atoms with Gasteiger partial charge in [-0.05, 0) is 37.3 Å². The van der Waals surface area contributed by atoms with Crippen LogP contribution in [0.4, 0.5) is 4.39 Å². The molecule has 0 radical (unpaired) electrons. The molecule has 0 aliphatic carbocycles. The van der Waals surface area contributed by atoms with Crippen molar-refractivity contribution in [3.8, 4) is 5.75 Å². The molecule has 0 saturated heterocycles. The minimum Gasteiger partial charge on any atom is -0.492 e. The van der Waals surface area contributed by atoms with E-state index in [-0.39, 0.29) is 11.3 Å². The molecular weight excluding hydrogens is 275 g/mol. The molecule has 0 N–H and O–H groups in total. The van der Waals surface area contributed by atoms with E-state index in [2.05, 4.69) is 0 Å². The van der Waals surface area contributed by atoms with Crippen molar-refractivity contribution in [1.29, 1.82) is 0 Å². The summed E-state index contributed by atoms with van der Waals surface area (Å²) in [6, 6.07) is 14.0. The zero-order valence-corrected chi connectivity index (χ0v) is 12.0. The highest BCUT2D eigenvalue weighted by molar-refractivity contribution is 7.99. The van der Waals surface area contributed by atoms with Crippen LogP contribution in [0.5, 0.6) is 5.75 Å². The molecule has 2 rings (SSSR count). The molecule has 2 aromatic rings. The van der Waals surface area contributed by atoms with Crippen LogP contribution in [0.3, 0.4) is 0 Å². The molecule has 104 valence electrons. The Bertz CT molecular complexity index is 584. The maximum absolute atomic E-state index is 13.1. The summed E-state index contributed by atoms with van der Waals surface area (Å²) in [5.74, 6) is 0.572. The smallest absolute Gasteiger partial charge is 0.163 e. The molecule has 0 heterocycles. The van der Waals surface area contributed by atoms with E-state index < -0.39 is 5.82 Å². The lowest BCUT2D eigenvalue weighted by atomic mass is 10.1. The fourth-order valence-corrected chi connectivity index (χ4v) is 2.48. The standard InChI is InChI=1S/C16H15FO2S/c1-12(18)15-11-13(17)7-8-16(15)19-9-10-20-14-5-3-2-4-6-14/h2-8,11H,9-10H2,1H3. The second-order valence-corrected chi connectivity index (χ2v) is 5.37. The van der Waals surface area contributed by atoms with Crippen molar-refractivity contribution >= 4 is 17.5 Å². The minimum atomic E-state index is -0.429. The summed E-state index contributed by atoms with van der Waals surface area (Å²) in [4.78, 5) is 12.6. The lowest BCUT2D eigenvalue weighted by Crippen LogP contribution is -2.05. The topological polar surface area (TPSA) is 26.3 Å². The molecule has 2 aromatic carbocycles. The molecule has 0 unspecified atom stereocenters.